The predicted octanol–water partition coefficient (Wildman–Crippen LogP) is 3.82. The molecular weight excluding hydrogens is 248 g/mol. The van der Waals surface area contributed by atoms with E-state index in [0.717, 1.165) is 23.6 Å². The molecule has 3 fully saturated rings. The van der Waals surface area contributed by atoms with Crippen molar-refractivity contribution in [2.45, 2.75) is 63.3 Å². The highest BCUT2D eigenvalue weighted by atomic mass is 16.5. The van der Waals surface area contributed by atoms with Gasteiger partial charge in [0.25, 0.3) is 0 Å². The van der Waals surface area contributed by atoms with Crippen molar-refractivity contribution in [2.75, 3.05) is 13.1 Å². The zero-order valence-corrected chi connectivity index (χ0v) is 12.3. The van der Waals surface area contributed by atoms with Crippen molar-refractivity contribution in [1.82, 2.24) is 10.1 Å². The van der Waals surface area contributed by atoms with Crippen LogP contribution in [0.25, 0.3) is 0 Å². The van der Waals surface area contributed by atoms with Gasteiger partial charge in [-0.25, -0.2) is 0 Å². The van der Waals surface area contributed by atoms with Gasteiger partial charge in [-0.3, -0.25) is 4.90 Å². The molecule has 3 nitrogen and oxygen atoms in total. The fourth-order valence-electron chi connectivity index (χ4n) is 3.83. The van der Waals surface area contributed by atoms with E-state index in [1.807, 2.05) is 0 Å². The van der Waals surface area contributed by atoms with Crippen LogP contribution in [0.1, 0.15) is 63.0 Å². The average molecular weight is 274 g/mol. The number of nitrogens with zero attached hydrogens (tertiary/aromatic N) is 2. The summed E-state index contributed by atoms with van der Waals surface area (Å²) in [6.07, 6.45) is 13.0. The molecule has 4 rings (SSSR count). The van der Waals surface area contributed by atoms with Crippen molar-refractivity contribution in [3.8, 4) is 0 Å². The van der Waals surface area contributed by atoms with Gasteiger partial charge in [0.05, 0.1) is 6.20 Å². The number of hydrogen-bond donors (Lipinski definition) is 0. The highest BCUT2D eigenvalue weighted by molar-refractivity contribution is 5.05. The molecule has 0 radical (unpaired) electrons. The Morgan fingerprint density at radius 3 is 2.40 bits per heavy atom. The Balaban J connectivity index is 1.41. The van der Waals surface area contributed by atoms with E-state index in [9.17, 15) is 0 Å². The van der Waals surface area contributed by atoms with Crippen LogP contribution in [0, 0.1) is 11.8 Å². The summed E-state index contributed by atoms with van der Waals surface area (Å²) in [7, 11) is 0. The first-order valence-electron chi connectivity index (χ1n) is 8.53. The molecule has 0 aromatic carbocycles. The van der Waals surface area contributed by atoms with Crippen LogP contribution >= 0.6 is 0 Å². The van der Waals surface area contributed by atoms with Crippen LogP contribution in [0.2, 0.25) is 0 Å². The van der Waals surface area contributed by atoms with Gasteiger partial charge in [-0.1, -0.05) is 11.6 Å². The minimum Gasteiger partial charge on any atom is -0.361 e. The van der Waals surface area contributed by atoms with E-state index in [-0.39, 0.29) is 0 Å². The van der Waals surface area contributed by atoms with Crippen molar-refractivity contribution in [3.63, 3.8) is 0 Å². The average Bonchev–Trinajstić information content (AvgIpc) is 3.40. The zero-order chi connectivity index (χ0) is 13.4. The van der Waals surface area contributed by atoms with Crippen LogP contribution in [0.15, 0.2) is 16.8 Å². The molecule has 0 bridgehead atoms. The second-order valence-corrected chi connectivity index (χ2v) is 7.27. The minimum atomic E-state index is 0.608. The fourth-order valence-corrected chi connectivity index (χ4v) is 3.83. The second-order valence-electron chi connectivity index (χ2n) is 7.27. The van der Waals surface area contributed by atoms with E-state index in [1.165, 1.54) is 64.5 Å². The summed E-state index contributed by atoms with van der Waals surface area (Å²) in [5.41, 5.74) is 0. The van der Waals surface area contributed by atoms with Gasteiger partial charge in [-0.15, -0.1) is 0 Å². The third-order valence-electron chi connectivity index (χ3n) is 5.40. The van der Waals surface area contributed by atoms with E-state index >= 15 is 0 Å². The molecule has 3 saturated carbocycles. The first kappa shape index (κ1) is 12.9. The SMILES string of the molecule is c1cc(C2CCC[C@@H](N(CC3CC3)CC3CC3)C2)on1. The van der Waals surface area contributed by atoms with Gasteiger partial charge in [0.1, 0.15) is 5.76 Å². The van der Waals surface area contributed by atoms with Crippen LogP contribution in [0.4, 0.5) is 0 Å². The molecule has 0 spiro atoms. The monoisotopic (exact) mass is 274 g/mol. The maximum Gasteiger partial charge on any atom is 0.139 e. The third-order valence-corrected chi connectivity index (χ3v) is 5.40. The van der Waals surface area contributed by atoms with Crippen LogP contribution in [-0.2, 0) is 0 Å². The topological polar surface area (TPSA) is 29.3 Å². The minimum absolute atomic E-state index is 0.608. The lowest BCUT2D eigenvalue weighted by molar-refractivity contribution is 0.128. The summed E-state index contributed by atoms with van der Waals surface area (Å²) in [6.45, 7) is 2.73. The Bertz CT molecular complexity index is 408. The summed E-state index contributed by atoms with van der Waals surface area (Å²) in [6, 6.07) is 2.86. The molecular formula is C17H26N2O. The molecule has 3 heteroatoms. The van der Waals surface area contributed by atoms with Gasteiger partial charge in [-0.2, -0.15) is 0 Å². The fraction of sp³-hybridized carbons (Fsp3) is 0.824. The Kier molecular flexibility index (Phi) is 3.55. The van der Waals surface area contributed by atoms with Gasteiger partial charge in [-0.05, 0) is 56.8 Å². The lowest BCUT2D eigenvalue weighted by atomic mass is 9.83. The van der Waals surface area contributed by atoms with Crippen LogP contribution in [0.3, 0.4) is 0 Å². The van der Waals surface area contributed by atoms with Crippen LogP contribution in [-0.4, -0.2) is 29.2 Å². The number of hydrogen-bond acceptors (Lipinski definition) is 3. The quantitative estimate of drug-likeness (QED) is 0.789. The Hall–Kier alpha value is -0.830. The number of rotatable bonds is 6. The maximum absolute atomic E-state index is 5.42. The Morgan fingerprint density at radius 2 is 1.80 bits per heavy atom. The number of aromatic nitrogens is 1. The van der Waals surface area contributed by atoms with Crippen molar-refractivity contribution in [3.05, 3.63) is 18.0 Å². The van der Waals surface area contributed by atoms with Gasteiger partial charge in [0.2, 0.25) is 0 Å². The predicted molar refractivity (Wildman–Crippen MR) is 78.5 cm³/mol. The highest BCUT2D eigenvalue weighted by Gasteiger charge is 2.35. The highest BCUT2D eigenvalue weighted by Crippen LogP contribution is 2.39. The van der Waals surface area contributed by atoms with Gasteiger partial charge < -0.3 is 4.52 Å². The van der Waals surface area contributed by atoms with E-state index < -0.39 is 0 Å². The largest absolute Gasteiger partial charge is 0.361 e. The summed E-state index contributed by atoms with van der Waals surface area (Å²) in [4.78, 5) is 2.85. The molecule has 0 saturated heterocycles. The van der Waals surface area contributed by atoms with Gasteiger partial charge in [0.15, 0.2) is 0 Å². The molecule has 110 valence electrons. The lowest BCUT2D eigenvalue weighted by Gasteiger charge is -2.37. The first-order chi connectivity index (χ1) is 9.88. The smallest absolute Gasteiger partial charge is 0.139 e. The Morgan fingerprint density at radius 1 is 1.05 bits per heavy atom. The molecule has 1 heterocycles. The molecule has 1 aromatic heterocycles. The molecule has 0 aliphatic heterocycles. The van der Waals surface area contributed by atoms with Crippen LogP contribution < -0.4 is 0 Å². The van der Waals surface area contributed by atoms with Crippen molar-refractivity contribution in [1.29, 1.82) is 0 Å². The van der Waals surface area contributed by atoms with Gasteiger partial charge >= 0.3 is 0 Å². The van der Waals surface area contributed by atoms with Crippen LogP contribution in [0.5, 0.6) is 0 Å². The standard InChI is InChI=1S/C17H26N2O/c1-2-15(17-8-9-18-20-17)10-16(3-1)19(11-13-4-5-13)12-14-6-7-14/h8-9,13-16H,1-7,10-12H2/t15?,16-/m1/s1. The summed E-state index contributed by atoms with van der Waals surface area (Å²) < 4.78 is 5.42. The van der Waals surface area contributed by atoms with E-state index in [2.05, 4.69) is 16.1 Å². The normalized spacial score (nSPS) is 30.9. The molecule has 2 atom stereocenters. The molecule has 0 amide bonds. The first-order valence-corrected chi connectivity index (χ1v) is 8.53. The van der Waals surface area contributed by atoms with E-state index in [1.54, 1.807) is 6.20 Å². The maximum atomic E-state index is 5.42. The lowest BCUT2D eigenvalue weighted by Crippen LogP contribution is -2.41. The second kappa shape index (κ2) is 5.51. The molecule has 1 unspecified atom stereocenters. The van der Waals surface area contributed by atoms with E-state index in [0.29, 0.717) is 5.92 Å². The summed E-state index contributed by atoms with van der Waals surface area (Å²) >= 11 is 0. The summed E-state index contributed by atoms with van der Waals surface area (Å²) in [5.74, 6) is 3.75. The van der Waals surface area contributed by atoms with Crippen molar-refractivity contribution >= 4 is 0 Å². The van der Waals surface area contributed by atoms with Gasteiger partial charge in [0, 0.05) is 31.1 Å². The van der Waals surface area contributed by atoms with Crippen molar-refractivity contribution in [2.24, 2.45) is 11.8 Å². The zero-order valence-electron chi connectivity index (χ0n) is 12.3. The molecule has 1 aromatic rings. The molecule has 0 N–H and O–H groups in total. The van der Waals surface area contributed by atoms with Crippen molar-refractivity contribution < 1.29 is 4.52 Å². The van der Waals surface area contributed by atoms with E-state index in [4.69, 9.17) is 4.52 Å². The Labute approximate surface area is 121 Å². The molecule has 3 aliphatic carbocycles. The summed E-state index contributed by atoms with van der Waals surface area (Å²) in [5, 5.41) is 3.90. The molecule has 20 heavy (non-hydrogen) atoms. The molecule has 3 aliphatic rings. The third kappa shape index (κ3) is 3.08.